The first-order valence-corrected chi connectivity index (χ1v) is 6.01. The molecule has 4 heteroatoms. The number of carboxylic acids is 2. The van der Waals surface area contributed by atoms with E-state index in [4.69, 9.17) is 10.2 Å². The van der Waals surface area contributed by atoms with Gasteiger partial charge in [-0.15, -0.1) is 0 Å². The number of aliphatic carboxylic acids is 2. The quantitative estimate of drug-likeness (QED) is 0.645. The van der Waals surface area contributed by atoms with Crippen LogP contribution in [-0.4, -0.2) is 22.2 Å². The fourth-order valence-corrected chi connectivity index (χ4v) is 0.589. The van der Waals surface area contributed by atoms with Gasteiger partial charge in [0.2, 0.25) is 0 Å². The average molecular weight is 302 g/mol. The van der Waals surface area contributed by atoms with Crippen LogP contribution in [0.15, 0.2) is 87.5 Å². The molecule has 0 radical (unpaired) electrons. The summed E-state index contributed by atoms with van der Waals surface area (Å²) in [5.41, 5.74) is 1.17. The van der Waals surface area contributed by atoms with Crippen molar-refractivity contribution in [2.24, 2.45) is 0 Å². The van der Waals surface area contributed by atoms with Gasteiger partial charge in [-0.25, -0.2) is 9.59 Å². The molecule has 22 heavy (non-hydrogen) atoms. The van der Waals surface area contributed by atoms with Crippen molar-refractivity contribution in [1.82, 2.24) is 0 Å². The van der Waals surface area contributed by atoms with Crippen LogP contribution >= 0.6 is 0 Å². The van der Waals surface area contributed by atoms with E-state index in [1.807, 2.05) is 36.4 Å². The monoisotopic (exact) mass is 302 g/mol. The predicted molar refractivity (Wildman–Crippen MR) is 92.6 cm³/mol. The van der Waals surface area contributed by atoms with Gasteiger partial charge in [-0.1, -0.05) is 81.5 Å². The molecule has 4 nitrogen and oxygen atoms in total. The van der Waals surface area contributed by atoms with Crippen molar-refractivity contribution in [3.8, 4) is 0 Å². The number of allylic oxidation sites excluding steroid dienone is 2. The summed E-state index contributed by atoms with van der Waals surface area (Å²) in [5.74, 6) is -1.96. The number of hydrogen-bond acceptors (Lipinski definition) is 2. The maximum absolute atomic E-state index is 9.25. The fraction of sp³-hybridized carbons (Fsp3) is 0. The highest BCUT2D eigenvalue weighted by atomic mass is 16.4. The molecule has 0 saturated carbocycles. The third kappa shape index (κ3) is 30.2. The largest absolute Gasteiger partial charge is 0.478 e. The summed E-state index contributed by atoms with van der Waals surface area (Å²) < 4.78 is 0. The van der Waals surface area contributed by atoms with Crippen molar-refractivity contribution >= 4 is 18.0 Å². The molecular formula is C18H22O4. The lowest BCUT2D eigenvalue weighted by Crippen LogP contribution is -1.82. The molecule has 2 N–H and O–H groups in total. The Kier molecular flexibility index (Phi) is 21.9. The molecule has 0 spiro atoms. The van der Waals surface area contributed by atoms with Crippen LogP contribution in [0, 0.1) is 0 Å². The maximum Gasteiger partial charge on any atom is 0.327 e. The minimum atomic E-state index is -0.981. The zero-order valence-corrected chi connectivity index (χ0v) is 12.5. The molecule has 118 valence electrons. The van der Waals surface area contributed by atoms with Gasteiger partial charge in [0, 0.05) is 12.2 Å². The number of benzene rings is 1. The molecule has 0 aliphatic heterocycles. The summed E-state index contributed by atoms with van der Waals surface area (Å²) in [6, 6.07) is 10.0. The number of hydrogen-bond donors (Lipinski definition) is 2. The summed E-state index contributed by atoms with van der Waals surface area (Å²) in [5, 5.41) is 15.2. The first kappa shape index (κ1) is 23.9. The molecule has 0 bridgehead atoms. The highest BCUT2D eigenvalue weighted by Crippen LogP contribution is 1.97. The van der Waals surface area contributed by atoms with E-state index in [0.29, 0.717) is 0 Å². The van der Waals surface area contributed by atoms with Gasteiger partial charge in [0.25, 0.3) is 0 Å². The summed E-state index contributed by atoms with van der Waals surface area (Å²) in [6.45, 7) is 16.3. The Balaban J connectivity index is -0.000000230. The second-order valence-electron chi connectivity index (χ2n) is 3.17. The average Bonchev–Trinajstić information content (AvgIpc) is 2.56. The van der Waals surface area contributed by atoms with E-state index in [0.717, 1.165) is 12.2 Å². The van der Waals surface area contributed by atoms with Crippen LogP contribution in [0.25, 0.3) is 6.08 Å². The predicted octanol–water partition coefficient (Wildman–Crippen LogP) is 4.20. The van der Waals surface area contributed by atoms with Crippen LogP contribution in [0.3, 0.4) is 0 Å². The van der Waals surface area contributed by atoms with Gasteiger partial charge in [-0.3, -0.25) is 0 Å². The van der Waals surface area contributed by atoms with Crippen molar-refractivity contribution < 1.29 is 19.8 Å². The van der Waals surface area contributed by atoms with Gasteiger partial charge >= 0.3 is 11.9 Å². The molecule has 0 aliphatic carbocycles. The Hall–Kier alpha value is -3.14. The normalized spacial score (nSPS) is 6.91. The summed E-state index contributed by atoms with van der Waals surface area (Å²) >= 11 is 0. The smallest absolute Gasteiger partial charge is 0.327 e. The van der Waals surface area contributed by atoms with Gasteiger partial charge in [-0.2, -0.15) is 0 Å². The van der Waals surface area contributed by atoms with Crippen LogP contribution < -0.4 is 0 Å². The zero-order chi connectivity index (χ0) is 17.8. The van der Waals surface area contributed by atoms with E-state index in [9.17, 15) is 9.59 Å². The van der Waals surface area contributed by atoms with E-state index < -0.39 is 11.9 Å². The molecular weight excluding hydrogens is 280 g/mol. The van der Waals surface area contributed by atoms with Crippen LogP contribution in [-0.2, 0) is 9.59 Å². The van der Waals surface area contributed by atoms with Gasteiger partial charge in [-0.05, 0) is 5.56 Å². The van der Waals surface area contributed by atoms with Crippen LogP contribution in [0.4, 0.5) is 0 Å². The maximum atomic E-state index is 9.25. The molecule has 0 aromatic heterocycles. The van der Waals surface area contributed by atoms with E-state index in [2.05, 4.69) is 32.9 Å². The second kappa shape index (κ2) is 20.2. The van der Waals surface area contributed by atoms with Gasteiger partial charge < -0.3 is 10.2 Å². The van der Waals surface area contributed by atoms with Crippen LogP contribution in [0.5, 0.6) is 0 Å². The third-order valence-electron chi connectivity index (χ3n) is 1.55. The molecule has 1 rings (SSSR count). The van der Waals surface area contributed by atoms with Gasteiger partial charge in [0.15, 0.2) is 0 Å². The SMILES string of the molecule is C=CC(=O)O.C=CC(=O)O.C=CC=C.C=Cc1ccccc1. The lowest BCUT2D eigenvalue weighted by atomic mass is 10.2. The fourth-order valence-electron chi connectivity index (χ4n) is 0.589. The summed E-state index contributed by atoms with van der Waals surface area (Å²) in [7, 11) is 0. The Morgan fingerprint density at radius 3 is 1.23 bits per heavy atom. The Morgan fingerprint density at radius 2 is 1.09 bits per heavy atom. The first-order valence-electron chi connectivity index (χ1n) is 6.01. The molecule has 0 atom stereocenters. The molecule has 0 amide bonds. The Bertz CT molecular complexity index is 449. The van der Waals surface area contributed by atoms with Gasteiger partial charge in [0.05, 0.1) is 0 Å². The minimum absolute atomic E-state index is 0.833. The Morgan fingerprint density at radius 1 is 0.773 bits per heavy atom. The van der Waals surface area contributed by atoms with Crippen molar-refractivity contribution in [2.75, 3.05) is 0 Å². The van der Waals surface area contributed by atoms with Crippen molar-refractivity contribution in [1.29, 1.82) is 0 Å². The molecule has 1 aromatic rings. The van der Waals surface area contributed by atoms with Crippen molar-refractivity contribution in [2.45, 2.75) is 0 Å². The minimum Gasteiger partial charge on any atom is -0.478 e. The van der Waals surface area contributed by atoms with E-state index in [1.165, 1.54) is 5.56 Å². The molecule has 0 aliphatic rings. The highest BCUT2D eigenvalue weighted by Gasteiger charge is 1.76. The van der Waals surface area contributed by atoms with Crippen molar-refractivity contribution in [3.05, 3.63) is 93.1 Å². The van der Waals surface area contributed by atoms with Crippen LogP contribution in [0.2, 0.25) is 0 Å². The number of rotatable bonds is 4. The lowest BCUT2D eigenvalue weighted by molar-refractivity contribution is -0.132. The molecule has 0 heterocycles. The Labute approximate surface area is 131 Å². The highest BCUT2D eigenvalue weighted by molar-refractivity contribution is 5.79. The molecule has 0 unspecified atom stereocenters. The van der Waals surface area contributed by atoms with Crippen LogP contribution in [0.1, 0.15) is 5.56 Å². The zero-order valence-electron chi connectivity index (χ0n) is 12.5. The first-order chi connectivity index (χ1) is 10.4. The van der Waals surface area contributed by atoms with E-state index >= 15 is 0 Å². The molecule has 0 saturated heterocycles. The lowest BCUT2D eigenvalue weighted by Gasteiger charge is -1.85. The topological polar surface area (TPSA) is 74.6 Å². The third-order valence-corrected chi connectivity index (χ3v) is 1.55. The summed E-state index contributed by atoms with van der Waals surface area (Å²) in [4.78, 5) is 18.5. The number of carboxylic acid groups (broad SMARTS) is 2. The molecule has 1 aromatic carbocycles. The van der Waals surface area contributed by atoms with Gasteiger partial charge in [0.1, 0.15) is 0 Å². The second-order valence-corrected chi connectivity index (χ2v) is 3.17. The standard InChI is InChI=1S/C8H8.C4H6.2C3H4O2/c1-2-8-6-4-3-5-7-8;1-3-4-2;2*1-2-3(4)5/h2-7H,1H2;3-4H,1-2H2;2*2H,1H2,(H,4,5). The number of carbonyl (C=O) groups is 2. The van der Waals surface area contributed by atoms with Crippen molar-refractivity contribution in [3.63, 3.8) is 0 Å². The molecule has 0 fully saturated rings. The van der Waals surface area contributed by atoms with E-state index in [1.54, 1.807) is 12.2 Å². The van der Waals surface area contributed by atoms with E-state index in [-0.39, 0.29) is 0 Å². The summed E-state index contributed by atoms with van der Waals surface area (Å²) in [6.07, 6.45) is 6.78.